The van der Waals surface area contributed by atoms with Crippen molar-refractivity contribution < 1.29 is 0 Å². The van der Waals surface area contributed by atoms with E-state index in [1.165, 1.54) is 24.0 Å². The molecule has 0 bridgehead atoms. The van der Waals surface area contributed by atoms with Crippen LogP contribution in [0.4, 0.5) is 0 Å². The minimum absolute atomic E-state index is 0.547. The Morgan fingerprint density at radius 1 is 1.12 bits per heavy atom. The Hall–Kier alpha value is -1.62. The van der Waals surface area contributed by atoms with Gasteiger partial charge >= 0.3 is 0 Å². The highest BCUT2D eigenvalue weighted by Gasteiger charge is 2.27. The SMILES string of the molecule is C=C=C=C=C1C(=C=C=C)CC(CC)CC1CC. The van der Waals surface area contributed by atoms with Crippen LogP contribution >= 0.6 is 0 Å². The molecule has 0 aromatic carbocycles. The molecule has 1 saturated carbocycles. The van der Waals surface area contributed by atoms with Crippen LogP contribution in [0.3, 0.4) is 0 Å². The molecule has 0 radical (unpaired) electrons. The van der Waals surface area contributed by atoms with Crippen molar-refractivity contribution in [1.82, 2.24) is 0 Å². The number of hydrogen-bond donors (Lipinski definition) is 0. The maximum Gasteiger partial charge on any atom is 0.0177 e. The summed E-state index contributed by atoms with van der Waals surface area (Å²) < 4.78 is 0. The fourth-order valence-electron chi connectivity index (χ4n) is 2.44. The van der Waals surface area contributed by atoms with Crippen molar-refractivity contribution in [2.75, 3.05) is 0 Å². The predicted octanol–water partition coefficient (Wildman–Crippen LogP) is 4.72. The zero-order chi connectivity index (χ0) is 12.7. The maximum atomic E-state index is 3.62. The van der Waals surface area contributed by atoms with E-state index in [-0.39, 0.29) is 0 Å². The fourth-order valence-corrected chi connectivity index (χ4v) is 2.44. The summed E-state index contributed by atoms with van der Waals surface area (Å²) in [7, 11) is 0. The van der Waals surface area contributed by atoms with Gasteiger partial charge in [-0.2, -0.15) is 0 Å². The molecule has 17 heavy (non-hydrogen) atoms. The Bertz CT molecular complexity index is 474. The molecule has 2 atom stereocenters. The first-order valence-corrected chi connectivity index (χ1v) is 6.30. The Kier molecular flexibility index (Phi) is 5.42. The molecule has 0 spiro atoms. The van der Waals surface area contributed by atoms with Gasteiger partial charge in [-0.25, -0.2) is 0 Å². The molecule has 0 heteroatoms. The van der Waals surface area contributed by atoms with Crippen LogP contribution in [0.5, 0.6) is 0 Å². The summed E-state index contributed by atoms with van der Waals surface area (Å²) in [5.74, 6) is 1.29. The van der Waals surface area contributed by atoms with Crippen LogP contribution in [-0.4, -0.2) is 0 Å². The van der Waals surface area contributed by atoms with Gasteiger partial charge in [-0.15, -0.1) is 0 Å². The Morgan fingerprint density at radius 2 is 1.88 bits per heavy atom. The van der Waals surface area contributed by atoms with E-state index in [1.807, 2.05) is 0 Å². The summed E-state index contributed by atoms with van der Waals surface area (Å²) in [5, 5.41) is 0. The minimum atomic E-state index is 0.547. The predicted molar refractivity (Wildman–Crippen MR) is 72.6 cm³/mol. The van der Waals surface area contributed by atoms with Crippen LogP contribution in [0, 0.1) is 11.8 Å². The summed E-state index contributed by atoms with van der Waals surface area (Å²) in [6.07, 6.45) is 4.63. The van der Waals surface area contributed by atoms with Gasteiger partial charge < -0.3 is 0 Å². The van der Waals surface area contributed by atoms with Crippen molar-refractivity contribution in [1.29, 1.82) is 0 Å². The van der Waals surface area contributed by atoms with Crippen LogP contribution in [0.1, 0.15) is 39.5 Å². The monoisotopic (exact) mass is 224 g/mol. The van der Waals surface area contributed by atoms with E-state index >= 15 is 0 Å². The third-order valence-corrected chi connectivity index (χ3v) is 3.44. The average molecular weight is 224 g/mol. The first kappa shape index (κ1) is 13.4. The second kappa shape index (κ2) is 6.85. The highest BCUT2D eigenvalue weighted by molar-refractivity contribution is 5.34. The molecule has 0 heterocycles. The topological polar surface area (TPSA) is 0 Å². The van der Waals surface area contributed by atoms with E-state index in [0.29, 0.717) is 5.92 Å². The van der Waals surface area contributed by atoms with Gasteiger partial charge in [0.2, 0.25) is 0 Å². The van der Waals surface area contributed by atoms with Crippen molar-refractivity contribution in [3.8, 4) is 0 Å². The van der Waals surface area contributed by atoms with Gasteiger partial charge in [0.25, 0.3) is 0 Å². The lowest BCUT2D eigenvalue weighted by atomic mass is 9.73. The molecule has 0 amide bonds. The van der Waals surface area contributed by atoms with Crippen LogP contribution in [0.25, 0.3) is 0 Å². The number of hydrogen-bond acceptors (Lipinski definition) is 0. The molecular weight excluding hydrogens is 204 g/mol. The summed E-state index contributed by atoms with van der Waals surface area (Å²) >= 11 is 0. The molecule has 88 valence electrons. The first-order chi connectivity index (χ1) is 8.26. The minimum Gasteiger partial charge on any atom is -0.0778 e. The van der Waals surface area contributed by atoms with Gasteiger partial charge in [0.1, 0.15) is 0 Å². The van der Waals surface area contributed by atoms with E-state index in [2.05, 4.69) is 55.7 Å². The second-order valence-electron chi connectivity index (χ2n) is 4.44. The summed E-state index contributed by atoms with van der Waals surface area (Å²) in [4.78, 5) is 0. The normalized spacial score (nSPS) is 22.9. The first-order valence-electron chi connectivity index (χ1n) is 6.30. The molecule has 0 aromatic heterocycles. The molecule has 0 nitrogen and oxygen atoms in total. The number of rotatable bonds is 2. The van der Waals surface area contributed by atoms with E-state index < -0.39 is 0 Å². The van der Waals surface area contributed by atoms with Crippen LogP contribution in [0.15, 0.2) is 53.0 Å². The molecule has 0 saturated heterocycles. The van der Waals surface area contributed by atoms with Crippen LogP contribution < -0.4 is 0 Å². The van der Waals surface area contributed by atoms with Crippen LogP contribution in [-0.2, 0) is 0 Å². The summed E-state index contributed by atoms with van der Waals surface area (Å²) in [6.45, 7) is 11.6. The highest BCUT2D eigenvalue weighted by atomic mass is 14.3. The molecule has 0 N–H and O–H groups in total. The molecule has 0 aromatic rings. The van der Waals surface area contributed by atoms with Gasteiger partial charge in [-0.1, -0.05) is 43.2 Å². The van der Waals surface area contributed by atoms with Crippen molar-refractivity contribution >= 4 is 0 Å². The lowest BCUT2D eigenvalue weighted by Crippen LogP contribution is -2.18. The smallest absolute Gasteiger partial charge is 0.0177 e. The van der Waals surface area contributed by atoms with Crippen molar-refractivity contribution in [2.24, 2.45) is 11.8 Å². The molecular formula is C17H20. The average Bonchev–Trinajstić information content (AvgIpc) is 2.36. The van der Waals surface area contributed by atoms with Gasteiger partial charge in [0.15, 0.2) is 0 Å². The zero-order valence-corrected chi connectivity index (χ0v) is 10.9. The van der Waals surface area contributed by atoms with E-state index in [0.717, 1.165) is 18.8 Å². The lowest BCUT2D eigenvalue weighted by Gasteiger charge is -2.30. The Labute approximate surface area is 105 Å². The van der Waals surface area contributed by atoms with Gasteiger partial charge in [-0.05, 0) is 50.0 Å². The molecule has 0 aliphatic heterocycles. The third kappa shape index (κ3) is 3.42. The second-order valence-corrected chi connectivity index (χ2v) is 4.44. The molecule has 2 unspecified atom stereocenters. The Balaban J connectivity index is 3.32. The largest absolute Gasteiger partial charge is 0.0778 e. The maximum absolute atomic E-state index is 3.62. The number of allylic oxidation sites excluding steroid dienone is 2. The molecule has 1 aliphatic carbocycles. The molecule has 1 rings (SSSR count). The molecule has 1 aliphatic rings. The zero-order valence-electron chi connectivity index (χ0n) is 10.9. The van der Waals surface area contributed by atoms with Gasteiger partial charge in [0, 0.05) is 11.1 Å². The summed E-state index contributed by atoms with van der Waals surface area (Å²) in [6, 6.07) is 0. The molecule has 1 fully saturated rings. The van der Waals surface area contributed by atoms with Crippen LogP contribution in [0.2, 0.25) is 0 Å². The van der Waals surface area contributed by atoms with Crippen molar-refractivity contribution in [3.63, 3.8) is 0 Å². The highest BCUT2D eigenvalue weighted by Crippen LogP contribution is 2.39. The Morgan fingerprint density at radius 3 is 2.41 bits per heavy atom. The lowest BCUT2D eigenvalue weighted by molar-refractivity contribution is 0.356. The van der Waals surface area contributed by atoms with Gasteiger partial charge in [0.05, 0.1) is 0 Å². The van der Waals surface area contributed by atoms with E-state index in [4.69, 9.17) is 0 Å². The van der Waals surface area contributed by atoms with Crippen molar-refractivity contribution in [2.45, 2.75) is 39.5 Å². The quantitative estimate of drug-likeness (QED) is 0.595. The van der Waals surface area contributed by atoms with E-state index in [1.54, 1.807) is 0 Å². The van der Waals surface area contributed by atoms with E-state index in [9.17, 15) is 0 Å². The van der Waals surface area contributed by atoms with Gasteiger partial charge in [-0.3, -0.25) is 0 Å². The third-order valence-electron chi connectivity index (χ3n) is 3.44. The van der Waals surface area contributed by atoms with Crippen molar-refractivity contribution in [3.05, 3.63) is 53.0 Å². The summed E-state index contributed by atoms with van der Waals surface area (Å²) in [5.41, 5.74) is 17.0. The fraction of sp³-hybridized carbons (Fsp3) is 0.471. The standard InChI is InChI=1S/C17H20/c1-5-9-11-17-15(8-4)12-14(7-3)13-16(17)10-6-2/h14-15H,1-2,7-8,12-13H2,3-4H3.